The molecule has 0 bridgehead atoms. The quantitative estimate of drug-likeness (QED) is 0.277. The maximum absolute atomic E-state index is 2.38. The molecule has 0 N–H and O–H groups in total. The third-order valence-electron chi connectivity index (χ3n) is 7.23. The SMILES string of the molecule is Cc1ccc2c(c1)-c1ccccc1C(C)(C)c1ccccc1C(C)(C)c1ccccc1-2. The molecular formula is C31H30. The van der Waals surface area contributed by atoms with E-state index in [4.69, 9.17) is 0 Å². The van der Waals surface area contributed by atoms with E-state index < -0.39 is 0 Å². The summed E-state index contributed by atoms with van der Waals surface area (Å²) in [5.41, 5.74) is 11.9. The van der Waals surface area contributed by atoms with Gasteiger partial charge in [-0.25, -0.2) is 0 Å². The summed E-state index contributed by atoms with van der Waals surface area (Å²) in [4.78, 5) is 0. The molecule has 0 saturated heterocycles. The fourth-order valence-electron chi connectivity index (χ4n) is 5.51. The third kappa shape index (κ3) is 2.97. The van der Waals surface area contributed by atoms with Crippen LogP contribution < -0.4 is 0 Å². The fraction of sp³-hybridized carbons (Fsp3) is 0.226. The summed E-state index contributed by atoms with van der Waals surface area (Å²) >= 11 is 0. The van der Waals surface area contributed by atoms with Crippen molar-refractivity contribution in [3.8, 4) is 22.3 Å². The third-order valence-corrected chi connectivity index (χ3v) is 7.23. The number of rotatable bonds is 0. The molecule has 0 unspecified atom stereocenters. The lowest BCUT2D eigenvalue weighted by Gasteiger charge is -2.38. The summed E-state index contributed by atoms with van der Waals surface area (Å²) in [5, 5.41) is 0. The number of fused-ring (bicyclic) bond motifs is 6. The van der Waals surface area contributed by atoms with Crippen molar-refractivity contribution in [1.29, 1.82) is 0 Å². The molecule has 0 heterocycles. The van der Waals surface area contributed by atoms with E-state index >= 15 is 0 Å². The van der Waals surface area contributed by atoms with Crippen LogP contribution in [0.25, 0.3) is 22.3 Å². The molecule has 0 nitrogen and oxygen atoms in total. The Labute approximate surface area is 186 Å². The monoisotopic (exact) mass is 402 g/mol. The second kappa shape index (κ2) is 6.95. The Hall–Kier alpha value is -3.12. The zero-order valence-corrected chi connectivity index (χ0v) is 19.2. The fourth-order valence-corrected chi connectivity index (χ4v) is 5.51. The minimum Gasteiger partial charge on any atom is -0.0619 e. The molecule has 154 valence electrons. The van der Waals surface area contributed by atoms with Crippen LogP contribution in [0.15, 0.2) is 91.0 Å². The van der Waals surface area contributed by atoms with Crippen LogP contribution in [0.3, 0.4) is 0 Å². The minimum absolute atomic E-state index is 0.126. The van der Waals surface area contributed by atoms with Crippen LogP contribution in [-0.4, -0.2) is 0 Å². The average molecular weight is 403 g/mol. The normalized spacial score (nSPS) is 15.8. The molecule has 5 rings (SSSR count). The van der Waals surface area contributed by atoms with Gasteiger partial charge in [-0.1, -0.05) is 124 Å². The van der Waals surface area contributed by atoms with Gasteiger partial charge in [0, 0.05) is 10.8 Å². The molecule has 0 atom stereocenters. The van der Waals surface area contributed by atoms with Crippen LogP contribution in [0.1, 0.15) is 55.5 Å². The van der Waals surface area contributed by atoms with Crippen LogP contribution in [0.4, 0.5) is 0 Å². The van der Waals surface area contributed by atoms with Gasteiger partial charge in [0.15, 0.2) is 0 Å². The first-order chi connectivity index (χ1) is 14.8. The van der Waals surface area contributed by atoms with E-state index in [9.17, 15) is 0 Å². The molecule has 0 aromatic heterocycles. The van der Waals surface area contributed by atoms with Crippen molar-refractivity contribution in [1.82, 2.24) is 0 Å². The minimum atomic E-state index is -0.127. The van der Waals surface area contributed by atoms with Crippen LogP contribution >= 0.6 is 0 Å². The summed E-state index contributed by atoms with van der Waals surface area (Å²) in [5.74, 6) is 0. The molecule has 0 radical (unpaired) electrons. The zero-order chi connectivity index (χ0) is 21.8. The molecule has 0 saturated carbocycles. The maximum Gasteiger partial charge on any atom is 0.0155 e. The van der Waals surface area contributed by atoms with Crippen LogP contribution in [-0.2, 0) is 10.8 Å². The van der Waals surface area contributed by atoms with Crippen LogP contribution in [0.2, 0.25) is 0 Å². The summed E-state index contributed by atoms with van der Waals surface area (Å²) in [7, 11) is 0. The Bertz CT molecular complexity index is 1290. The van der Waals surface area contributed by atoms with Crippen molar-refractivity contribution in [2.75, 3.05) is 0 Å². The largest absolute Gasteiger partial charge is 0.0619 e. The average Bonchev–Trinajstić information content (AvgIpc) is 2.78. The first-order valence-electron chi connectivity index (χ1n) is 11.2. The van der Waals surface area contributed by atoms with Gasteiger partial charge < -0.3 is 0 Å². The van der Waals surface area contributed by atoms with E-state index in [0.717, 1.165) is 0 Å². The Kier molecular flexibility index (Phi) is 4.45. The first-order valence-corrected chi connectivity index (χ1v) is 11.2. The van der Waals surface area contributed by atoms with E-state index in [2.05, 4.69) is 126 Å². The Balaban J connectivity index is 2.01. The highest BCUT2D eigenvalue weighted by Crippen LogP contribution is 2.49. The lowest BCUT2D eigenvalue weighted by atomic mass is 9.65. The van der Waals surface area contributed by atoms with E-state index in [1.54, 1.807) is 0 Å². The number of hydrogen-bond acceptors (Lipinski definition) is 0. The van der Waals surface area contributed by atoms with Gasteiger partial charge in [-0.15, -0.1) is 0 Å². The Morgan fingerprint density at radius 2 is 0.839 bits per heavy atom. The van der Waals surface area contributed by atoms with Gasteiger partial charge in [0.25, 0.3) is 0 Å². The van der Waals surface area contributed by atoms with Gasteiger partial charge in [0.05, 0.1) is 0 Å². The van der Waals surface area contributed by atoms with Crippen molar-refractivity contribution in [3.05, 3.63) is 119 Å². The highest BCUT2D eigenvalue weighted by molar-refractivity contribution is 5.88. The molecule has 31 heavy (non-hydrogen) atoms. The summed E-state index contributed by atoms with van der Waals surface area (Å²) in [6, 6.07) is 33.9. The van der Waals surface area contributed by atoms with Crippen molar-refractivity contribution in [2.45, 2.75) is 45.4 Å². The molecule has 4 aromatic carbocycles. The van der Waals surface area contributed by atoms with E-state index in [0.29, 0.717) is 0 Å². The van der Waals surface area contributed by atoms with E-state index in [1.165, 1.54) is 50.1 Å². The number of benzene rings is 4. The summed E-state index contributed by atoms with van der Waals surface area (Å²) in [6.07, 6.45) is 0. The summed E-state index contributed by atoms with van der Waals surface area (Å²) < 4.78 is 0. The molecule has 4 aromatic rings. The van der Waals surface area contributed by atoms with Gasteiger partial charge in [-0.3, -0.25) is 0 Å². The highest BCUT2D eigenvalue weighted by atomic mass is 14.4. The van der Waals surface area contributed by atoms with Crippen molar-refractivity contribution in [2.24, 2.45) is 0 Å². The van der Waals surface area contributed by atoms with E-state index in [-0.39, 0.29) is 10.8 Å². The van der Waals surface area contributed by atoms with Crippen LogP contribution in [0.5, 0.6) is 0 Å². The molecule has 0 heteroatoms. The van der Waals surface area contributed by atoms with Gasteiger partial charge in [-0.2, -0.15) is 0 Å². The topological polar surface area (TPSA) is 0 Å². The molecule has 0 fully saturated rings. The van der Waals surface area contributed by atoms with Crippen LogP contribution in [0, 0.1) is 6.92 Å². The summed E-state index contributed by atoms with van der Waals surface area (Å²) in [6.45, 7) is 11.7. The second-order valence-corrected chi connectivity index (χ2v) is 9.94. The van der Waals surface area contributed by atoms with Crippen molar-refractivity contribution >= 4 is 0 Å². The lowest BCUT2D eigenvalue weighted by Crippen LogP contribution is -2.29. The highest BCUT2D eigenvalue weighted by Gasteiger charge is 2.36. The van der Waals surface area contributed by atoms with Gasteiger partial charge in [0.1, 0.15) is 0 Å². The molecule has 1 aliphatic carbocycles. The van der Waals surface area contributed by atoms with Gasteiger partial charge in [0.2, 0.25) is 0 Å². The number of hydrogen-bond donors (Lipinski definition) is 0. The standard InChI is InChI=1S/C31H30/c1-21-18-19-22-23-12-6-8-14-26(23)30(2,3)28-16-10-11-17-29(28)31(4,5)27-15-9-7-13-24(27)25(22)20-21/h6-20H,1-5H3. The Morgan fingerprint density at radius 1 is 0.419 bits per heavy atom. The Morgan fingerprint density at radius 3 is 1.35 bits per heavy atom. The van der Waals surface area contributed by atoms with Crippen molar-refractivity contribution < 1.29 is 0 Å². The second-order valence-electron chi connectivity index (χ2n) is 9.94. The lowest BCUT2D eigenvalue weighted by molar-refractivity contribution is 0.579. The predicted octanol–water partition coefficient (Wildman–Crippen LogP) is 8.29. The molecule has 1 aliphatic rings. The smallest absolute Gasteiger partial charge is 0.0155 e. The molecule has 0 spiro atoms. The number of aryl methyl sites for hydroxylation is 1. The first kappa shape index (κ1) is 19.8. The molecular weight excluding hydrogens is 372 g/mol. The van der Waals surface area contributed by atoms with E-state index in [1.807, 2.05) is 0 Å². The van der Waals surface area contributed by atoms with Gasteiger partial charge >= 0.3 is 0 Å². The predicted molar refractivity (Wildman–Crippen MR) is 133 cm³/mol. The maximum atomic E-state index is 2.38. The molecule has 0 aliphatic heterocycles. The van der Waals surface area contributed by atoms with Gasteiger partial charge in [-0.05, 0) is 51.4 Å². The van der Waals surface area contributed by atoms with Crippen molar-refractivity contribution in [3.63, 3.8) is 0 Å². The molecule has 0 amide bonds. The zero-order valence-electron chi connectivity index (χ0n) is 19.2.